The molecular weight excluding hydrogens is 332 g/mol. The van der Waals surface area contributed by atoms with Crippen molar-refractivity contribution in [3.8, 4) is 0 Å². The zero-order chi connectivity index (χ0) is 17.2. The Morgan fingerprint density at radius 2 is 2.04 bits per heavy atom. The zero-order valence-electron chi connectivity index (χ0n) is 14.1. The van der Waals surface area contributed by atoms with E-state index in [1.807, 2.05) is 12.1 Å². The van der Waals surface area contributed by atoms with Crippen LogP contribution in [0.15, 0.2) is 42.6 Å². The average Bonchev–Trinajstić information content (AvgIpc) is 3.09. The molecule has 5 nitrogen and oxygen atoms in total. The fourth-order valence-corrected chi connectivity index (χ4v) is 4.28. The molecule has 3 aromatic rings. The number of hydrogen-bond donors (Lipinski definition) is 1. The molecular formula is C19H20N4OS. The van der Waals surface area contributed by atoms with Crippen LogP contribution in [0.1, 0.15) is 28.9 Å². The number of aromatic nitrogens is 2. The second-order valence-electron chi connectivity index (χ2n) is 6.37. The monoisotopic (exact) mass is 352 g/mol. The van der Waals surface area contributed by atoms with E-state index in [4.69, 9.17) is 4.98 Å². The largest absolute Gasteiger partial charge is 0.348 e. The Kier molecular flexibility index (Phi) is 4.36. The van der Waals surface area contributed by atoms with Crippen molar-refractivity contribution in [1.82, 2.24) is 15.3 Å². The first-order valence-electron chi connectivity index (χ1n) is 8.54. The number of pyridine rings is 1. The Balaban J connectivity index is 1.39. The van der Waals surface area contributed by atoms with Crippen molar-refractivity contribution in [2.75, 3.05) is 18.0 Å². The molecule has 6 heteroatoms. The molecule has 0 unspecified atom stereocenters. The molecule has 1 aliphatic rings. The summed E-state index contributed by atoms with van der Waals surface area (Å²) < 4.78 is 1.24. The molecule has 1 saturated heterocycles. The summed E-state index contributed by atoms with van der Waals surface area (Å²) in [5, 5.41) is 4.18. The first-order chi connectivity index (χ1) is 12.2. The number of rotatable bonds is 3. The standard InChI is InChI=1S/C19H20N4OS/c1-13-5-4-7-16-17(13)22-19(25-16)23-11-8-14(9-12-23)21-18(24)15-6-2-3-10-20-15/h2-7,10,14H,8-9,11-12H2,1H3,(H,21,24). The van der Waals surface area contributed by atoms with E-state index in [-0.39, 0.29) is 11.9 Å². The predicted octanol–water partition coefficient (Wildman–Crippen LogP) is 3.40. The van der Waals surface area contributed by atoms with Crippen molar-refractivity contribution in [2.24, 2.45) is 0 Å². The van der Waals surface area contributed by atoms with Gasteiger partial charge in [-0.25, -0.2) is 4.98 Å². The second kappa shape index (κ2) is 6.80. The van der Waals surface area contributed by atoms with Gasteiger partial charge in [-0.05, 0) is 43.5 Å². The maximum Gasteiger partial charge on any atom is 0.270 e. The van der Waals surface area contributed by atoms with E-state index in [0.717, 1.165) is 36.6 Å². The minimum absolute atomic E-state index is 0.0883. The van der Waals surface area contributed by atoms with Gasteiger partial charge in [0.25, 0.3) is 5.91 Å². The summed E-state index contributed by atoms with van der Waals surface area (Å²) in [6, 6.07) is 11.9. The second-order valence-corrected chi connectivity index (χ2v) is 7.38. The molecule has 0 radical (unpaired) electrons. The molecule has 1 aromatic carbocycles. The van der Waals surface area contributed by atoms with Crippen LogP contribution in [0.4, 0.5) is 5.13 Å². The highest BCUT2D eigenvalue weighted by atomic mass is 32.1. The zero-order valence-corrected chi connectivity index (χ0v) is 14.9. The van der Waals surface area contributed by atoms with Gasteiger partial charge in [-0.15, -0.1) is 0 Å². The Hall–Kier alpha value is -2.47. The highest BCUT2D eigenvalue weighted by Gasteiger charge is 2.23. The highest BCUT2D eigenvalue weighted by molar-refractivity contribution is 7.22. The number of hydrogen-bond acceptors (Lipinski definition) is 5. The predicted molar refractivity (Wildman–Crippen MR) is 101 cm³/mol. The van der Waals surface area contributed by atoms with Crippen LogP contribution in [-0.2, 0) is 0 Å². The summed E-state index contributed by atoms with van der Waals surface area (Å²) in [4.78, 5) is 23.5. The maximum atomic E-state index is 12.2. The minimum Gasteiger partial charge on any atom is -0.348 e. The van der Waals surface area contributed by atoms with Crippen molar-refractivity contribution in [1.29, 1.82) is 0 Å². The number of piperidine rings is 1. The van der Waals surface area contributed by atoms with Gasteiger partial charge in [-0.3, -0.25) is 9.78 Å². The van der Waals surface area contributed by atoms with Crippen molar-refractivity contribution < 1.29 is 4.79 Å². The van der Waals surface area contributed by atoms with E-state index in [1.165, 1.54) is 10.3 Å². The first kappa shape index (κ1) is 16.0. The quantitative estimate of drug-likeness (QED) is 0.785. The molecule has 0 bridgehead atoms. The van der Waals surface area contributed by atoms with Crippen LogP contribution >= 0.6 is 11.3 Å². The van der Waals surface area contributed by atoms with Crippen LogP contribution in [-0.4, -0.2) is 35.0 Å². The molecule has 1 amide bonds. The first-order valence-corrected chi connectivity index (χ1v) is 9.35. The van der Waals surface area contributed by atoms with Crippen LogP contribution < -0.4 is 10.2 Å². The van der Waals surface area contributed by atoms with E-state index in [1.54, 1.807) is 23.6 Å². The molecule has 0 spiro atoms. The number of benzene rings is 1. The molecule has 0 saturated carbocycles. The van der Waals surface area contributed by atoms with Gasteiger partial charge in [-0.1, -0.05) is 29.5 Å². The van der Waals surface area contributed by atoms with Gasteiger partial charge in [0.1, 0.15) is 5.69 Å². The van der Waals surface area contributed by atoms with Gasteiger partial charge < -0.3 is 10.2 Å². The SMILES string of the molecule is Cc1cccc2sc(N3CCC(NC(=O)c4ccccn4)CC3)nc12. The summed E-state index contributed by atoms with van der Waals surface area (Å²) in [5.74, 6) is -0.0883. The van der Waals surface area contributed by atoms with Crippen LogP contribution in [0.25, 0.3) is 10.2 Å². The Morgan fingerprint density at radius 1 is 1.20 bits per heavy atom. The topological polar surface area (TPSA) is 58.1 Å². The summed E-state index contributed by atoms with van der Waals surface area (Å²) in [7, 11) is 0. The maximum absolute atomic E-state index is 12.2. The van der Waals surface area contributed by atoms with Crippen LogP contribution in [0.2, 0.25) is 0 Å². The van der Waals surface area contributed by atoms with Crippen LogP contribution in [0, 0.1) is 6.92 Å². The van der Waals surface area contributed by atoms with Crippen molar-refractivity contribution in [3.05, 3.63) is 53.9 Å². The third-order valence-electron chi connectivity index (χ3n) is 4.61. The lowest BCUT2D eigenvalue weighted by molar-refractivity contribution is 0.0926. The average molecular weight is 352 g/mol. The number of carbonyl (C=O) groups excluding carboxylic acids is 1. The van der Waals surface area contributed by atoms with Crippen LogP contribution in [0.5, 0.6) is 0 Å². The van der Waals surface area contributed by atoms with Crippen molar-refractivity contribution in [2.45, 2.75) is 25.8 Å². The summed E-state index contributed by atoms with van der Waals surface area (Å²) in [5.41, 5.74) is 2.80. The molecule has 0 atom stereocenters. The van der Waals surface area contributed by atoms with Crippen molar-refractivity contribution in [3.63, 3.8) is 0 Å². The van der Waals surface area contributed by atoms with Gasteiger partial charge in [0.15, 0.2) is 5.13 Å². The molecule has 0 aliphatic carbocycles. The number of aryl methyl sites for hydroxylation is 1. The van der Waals surface area contributed by atoms with E-state index in [2.05, 4.69) is 40.3 Å². The minimum atomic E-state index is -0.0883. The van der Waals surface area contributed by atoms with Crippen molar-refractivity contribution >= 4 is 32.6 Å². The number of nitrogens with zero attached hydrogens (tertiary/aromatic N) is 3. The normalized spacial score (nSPS) is 15.5. The highest BCUT2D eigenvalue weighted by Crippen LogP contribution is 2.31. The summed E-state index contributed by atoms with van der Waals surface area (Å²) >= 11 is 1.75. The van der Waals surface area contributed by atoms with E-state index in [9.17, 15) is 4.79 Å². The van der Waals surface area contributed by atoms with E-state index in [0.29, 0.717) is 5.69 Å². The van der Waals surface area contributed by atoms with Gasteiger partial charge in [-0.2, -0.15) is 0 Å². The molecule has 25 heavy (non-hydrogen) atoms. The Bertz CT molecular complexity index is 885. The lowest BCUT2D eigenvalue weighted by Gasteiger charge is -2.32. The fraction of sp³-hybridized carbons (Fsp3) is 0.316. The molecule has 3 heterocycles. The number of carbonyl (C=O) groups is 1. The lowest BCUT2D eigenvalue weighted by atomic mass is 10.1. The smallest absolute Gasteiger partial charge is 0.270 e. The Morgan fingerprint density at radius 3 is 2.76 bits per heavy atom. The van der Waals surface area contributed by atoms with E-state index >= 15 is 0 Å². The number of amides is 1. The van der Waals surface area contributed by atoms with Gasteiger partial charge in [0, 0.05) is 25.3 Å². The number of para-hydroxylation sites is 1. The molecule has 128 valence electrons. The number of fused-ring (bicyclic) bond motifs is 1. The number of thiazole rings is 1. The molecule has 2 aromatic heterocycles. The lowest BCUT2D eigenvalue weighted by Crippen LogP contribution is -2.44. The molecule has 1 N–H and O–H groups in total. The van der Waals surface area contributed by atoms with E-state index < -0.39 is 0 Å². The van der Waals surface area contributed by atoms with Gasteiger partial charge in [0.05, 0.1) is 10.2 Å². The summed E-state index contributed by atoms with van der Waals surface area (Å²) in [6.45, 7) is 3.92. The third kappa shape index (κ3) is 3.35. The molecule has 1 fully saturated rings. The van der Waals surface area contributed by atoms with Crippen LogP contribution in [0.3, 0.4) is 0 Å². The molecule has 4 rings (SSSR count). The molecule has 1 aliphatic heterocycles. The fourth-order valence-electron chi connectivity index (χ4n) is 3.18. The third-order valence-corrected chi connectivity index (χ3v) is 5.69. The number of nitrogens with one attached hydrogen (secondary N) is 1. The van der Waals surface area contributed by atoms with Gasteiger partial charge in [0.2, 0.25) is 0 Å². The number of anilines is 1. The summed E-state index contributed by atoms with van der Waals surface area (Å²) in [6.07, 6.45) is 3.49. The van der Waals surface area contributed by atoms with Gasteiger partial charge >= 0.3 is 0 Å². The Labute approximate surface area is 150 Å².